The first-order valence-electron chi connectivity index (χ1n) is 9.76. The molecule has 2 unspecified atom stereocenters. The van der Waals surface area contributed by atoms with Crippen molar-refractivity contribution in [3.05, 3.63) is 64.0 Å². The van der Waals surface area contributed by atoms with Crippen LogP contribution in [0.25, 0.3) is 10.1 Å². The van der Waals surface area contributed by atoms with Crippen LogP contribution in [0.4, 0.5) is 0 Å². The molecule has 0 radical (unpaired) electrons. The summed E-state index contributed by atoms with van der Waals surface area (Å²) in [4.78, 5) is 1.39. The molecule has 1 aliphatic rings. The Morgan fingerprint density at radius 3 is 2.74 bits per heavy atom. The van der Waals surface area contributed by atoms with E-state index < -0.39 is 0 Å². The summed E-state index contributed by atoms with van der Waals surface area (Å²) in [6, 6.07) is 15.9. The quantitative estimate of drug-likeness (QED) is 0.645. The van der Waals surface area contributed by atoms with Crippen molar-refractivity contribution in [1.82, 2.24) is 10.6 Å². The van der Waals surface area contributed by atoms with Crippen LogP contribution in [0.2, 0.25) is 0 Å². The number of ether oxygens (including phenoxy) is 1. The molecule has 0 saturated carbocycles. The van der Waals surface area contributed by atoms with E-state index in [-0.39, 0.29) is 0 Å². The average molecular weight is 381 g/mol. The number of rotatable bonds is 5. The third-order valence-corrected chi connectivity index (χ3v) is 7.07. The summed E-state index contributed by atoms with van der Waals surface area (Å²) < 4.78 is 7.06. The molecule has 2 aromatic carbocycles. The number of nitrogens with one attached hydrogen (secondary N) is 2. The number of fused-ring (bicyclic) bond motifs is 1. The van der Waals surface area contributed by atoms with Gasteiger partial charge >= 0.3 is 0 Å². The number of methoxy groups -OCH3 is 1. The highest BCUT2D eigenvalue weighted by molar-refractivity contribution is 7.19. The molecule has 0 spiro atoms. The molecule has 1 aromatic heterocycles. The molecular formula is C23H28N2OS. The van der Waals surface area contributed by atoms with Crippen molar-refractivity contribution in [1.29, 1.82) is 0 Å². The summed E-state index contributed by atoms with van der Waals surface area (Å²) in [7, 11) is 1.77. The van der Waals surface area contributed by atoms with E-state index >= 15 is 0 Å². The standard InChI is InChI=1S/C23H28N2OS/c1-15-16(2)27-23-18(15)11-12-21(26-3)19(23)14-25-20-10-7-13-24-22(20)17-8-5-4-6-9-17/h4-6,8-9,11-12,20,22,24-25H,7,10,13-14H2,1-3H3. The van der Waals surface area contributed by atoms with Crippen molar-refractivity contribution in [2.75, 3.05) is 13.7 Å². The Balaban J connectivity index is 1.61. The molecule has 142 valence electrons. The molecule has 27 heavy (non-hydrogen) atoms. The predicted molar refractivity (Wildman–Crippen MR) is 115 cm³/mol. The minimum atomic E-state index is 0.358. The fourth-order valence-electron chi connectivity index (χ4n) is 4.15. The van der Waals surface area contributed by atoms with Gasteiger partial charge in [0.1, 0.15) is 5.75 Å². The van der Waals surface area contributed by atoms with Crippen LogP contribution in [0.15, 0.2) is 42.5 Å². The summed E-state index contributed by atoms with van der Waals surface area (Å²) in [5.74, 6) is 0.983. The van der Waals surface area contributed by atoms with Crippen molar-refractivity contribution in [3.63, 3.8) is 0 Å². The molecule has 2 heterocycles. The lowest BCUT2D eigenvalue weighted by molar-refractivity contribution is 0.303. The van der Waals surface area contributed by atoms with Gasteiger partial charge in [0.2, 0.25) is 0 Å². The molecule has 1 saturated heterocycles. The highest BCUT2D eigenvalue weighted by Crippen LogP contribution is 2.37. The maximum Gasteiger partial charge on any atom is 0.124 e. The average Bonchev–Trinajstić information content (AvgIpc) is 3.01. The first-order chi connectivity index (χ1) is 13.2. The van der Waals surface area contributed by atoms with Gasteiger partial charge < -0.3 is 15.4 Å². The number of hydrogen-bond acceptors (Lipinski definition) is 4. The minimum absolute atomic E-state index is 0.358. The molecular weight excluding hydrogens is 352 g/mol. The van der Waals surface area contributed by atoms with Crippen LogP contribution in [-0.4, -0.2) is 19.7 Å². The summed E-state index contributed by atoms with van der Waals surface area (Å²) in [5.41, 5.74) is 4.04. The van der Waals surface area contributed by atoms with Crippen molar-refractivity contribution in [2.45, 2.75) is 45.3 Å². The van der Waals surface area contributed by atoms with Gasteiger partial charge in [-0.3, -0.25) is 0 Å². The first-order valence-corrected chi connectivity index (χ1v) is 10.6. The van der Waals surface area contributed by atoms with Gasteiger partial charge in [-0.2, -0.15) is 0 Å². The van der Waals surface area contributed by atoms with Gasteiger partial charge in [-0.1, -0.05) is 30.3 Å². The minimum Gasteiger partial charge on any atom is -0.496 e. The number of hydrogen-bond donors (Lipinski definition) is 2. The highest BCUT2D eigenvalue weighted by Gasteiger charge is 2.26. The van der Waals surface area contributed by atoms with E-state index in [1.54, 1.807) is 7.11 Å². The molecule has 1 fully saturated rings. The van der Waals surface area contributed by atoms with E-state index in [4.69, 9.17) is 4.74 Å². The SMILES string of the molecule is COc1ccc2c(C)c(C)sc2c1CNC1CCCNC1c1ccccc1. The lowest BCUT2D eigenvalue weighted by Gasteiger charge is -2.34. The molecule has 0 amide bonds. The Bertz CT molecular complexity index is 919. The van der Waals surface area contributed by atoms with Crippen LogP contribution in [-0.2, 0) is 6.54 Å². The lowest BCUT2D eigenvalue weighted by Crippen LogP contribution is -2.45. The molecule has 4 rings (SSSR count). The van der Waals surface area contributed by atoms with Crippen molar-refractivity contribution < 1.29 is 4.74 Å². The highest BCUT2D eigenvalue weighted by atomic mass is 32.1. The fourth-order valence-corrected chi connectivity index (χ4v) is 5.35. The topological polar surface area (TPSA) is 33.3 Å². The zero-order valence-corrected chi connectivity index (χ0v) is 17.2. The number of benzene rings is 2. The van der Waals surface area contributed by atoms with Crippen LogP contribution < -0.4 is 15.4 Å². The zero-order valence-electron chi connectivity index (χ0n) is 16.3. The van der Waals surface area contributed by atoms with E-state index in [0.29, 0.717) is 12.1 Å². The van der Waals surface area contributed by atoms with Gasteiger partial charge in [0.05, 0.1) is 7.11 Å². The Morgan fingerprint density at radius 1 is 1.15 bits per heavy atom. The van der Waals surface area contributed by atoms with Crippen molar-refractivity contribution in [3.8, 4) is 5.75 Å². The van der Waals surface area contributed by atoms with Crippen LogP contribution >= 0.6 is 11.3 Å². The van der Waals surface area contributed by atoms with Gasteiger partial charge in [0.25, 0.3) is 0 Å². The van der Waals surface area contributed by atoms with Crippen molar-refractivity contribution in [2.24, 2.45) is 0 Å². The van der Waals surface area contributed by atoms with E-state index in [1.165, 1.54) is 44.5 Å². The van der Waals surface area contributed by atoms with Crippen molar-refractivity contribution >= 4 is 21.4 Å². The number of aryl methyl sites for hydroxylation is 2. The Kier molecular flexibility index (Phi) is 5.48. The third kappa shape index (κ3) is 3.62. The summed E-state index contributed by atoms with van der Waals surface area (Å²) in [6.45, 7) is 6.34. The Labute approximate surface area is 165 Å². The molecule has 0 bridgehead atoms. The van der Waals surface area contributed by atoms with Gasteiger partial charge in [0.15, 0.2) is 0 Å². The van der Waals surface area contributed by atoms with Crippen LogP contribution in [0.5, 0.6) is 5.75 Å². The Hall–Kier alpha value is -1.88. The maximum atomic E-state index is 5.70. The zero-order chi connectivity index (χ0) is 18.8. The fraction of sp³-hybridized carbons (Fsp3) is 0.391. The van der Waals surface area contributed by atoms with Crippen LogP contribution in [0, 0.1) is 13.8 Å². The maximum absolute atomic E-state index is 5.70. The van der Waals surface area contributed by atoms with Crippen LogP contribution in [0.3, 0.4) is 0 Å². The van der Waals surface area contributed by atoms with Gasteiger partial charge in [-0.05, 0) is 61.9 Å². The van der Waals surface area contributed by atoms with E-state index in [1.807, 2.05) is 11.3 Å². The van der Waals surface area contributed by atoms with Gasteiger partial charge in [0, 0.05) is 33.8 Å². The summed E-state index contributed by atoms with van der Waals surface area (Å²) in [6.07, 6.45) is 2.40. The second kappa shape index (κ2) is 8.01. The van der Waals surface area contributed by atoms with E-state index in [9.17, 15) is 0 Å². The van der Waals surface area contributed by atoms with Gasteiger partial charge in [-0.25, -0.2) is 0 Å². The Morgan fingerprint density at radius 2 is 1.96 bits per heavy atom. The number of thiophene rings is 1. The normalized spacial score (nSPS) is 20.1. The second-order valence-electron chi connectivity index (χ2n) is 7.38. The second-order valence-corrected chi connectivity index (χ2v) is 8.60. The molecule has 2 atom stereocenters. The summed E-state index contributed by atoms with van der Waals surface area (Å²) >= 11 is 1.88. The predicted octanol–water partition coefficient (Wildman–Crippen LogP) is 5.11. The van der Waals surface area contributed by atoms with E-state index in [2.05, 4.69) is 66.9 Å². The largest absolute Gasteiger partial charge is 0.496 e. The molecule has 3 nitrogen and oxygen atoms in total. The molecule has 1 aliphatic heterocycles. The first kappa shape index (κ1) is 18.5. The summed E-state index contributed by atoms with van der Waals surface area (Å²) in [5, 5.41) is 8.91. The monoisotopic (exact) mass is 380 g/mol. The molecule has 2 N–H and O–H groups in total. The number of piperidine rings is 1. The third-order valence-electron chi connectivity index (χ3n) is 5.78. The molecule has 0 aliphatic carbocycles. The smallest absolute Gasteiger partial charge is 0.124 e. The lowest BCUT2D eigenvalue weighted by atomic mass is 9.92. The van der Waals surface area contributed by atoms with E-state index in [0.717, 1.165) is 18.8 Å². The molecule has 4 heteroatoms. The molecule has 3 aromatic rings. The van der Waals surface area contributed by atoms with Crippen LogP contribution in [0.1, 0.15) is 40.5 Å². The van der Waals surface area contributed by atoms with Gasteiger partial charge in [-0.15, -0.1) is 11.3 Å².